The molecule has 0 aromatic carbocycles. The first-order chi connectivity index (χ1) is 7.86. The average molecular weight is 241 g/mol. The van der Waals surface area contributed by atoms with Crippen LogP contribution in [-0.4, -0.2) is 47.1 Å². The molecule has 0 aliphatic carbocycles. The van der Waals surface area contributed by atoms with Crippen LogP contribution in [0.15, 0.2) is 0 Å². The van der Waals surface area contributed by atoms with Crippen LogP contribution in [0.4, 0.5) is 0 Å². The van der Waals surface area contributed by atoms with Gasteiger partial charge in [-0.3, -0.25) is 14.5 Å². The van der Waals surface area contributed by atoms with Crippen molar-refractivity contribution in [3.63, 3.8) is 0 Å². The smallest absolute Gasteiger partial charge is 0.323 e. The van der Waals surface area contributed by atoms with Gasteiger partial charge in [-0.05, 0) is 20.4 Å². The zero-order chi connectivity index (χ0) is 13.5. The molecular weight excluding hydrogens is 222 g/mol. The second kappa shape index (κ2) is 6.86. The lowest BCUT2D eigenvalue weighted by Gasteiger charge is -2.33. The fourth-order valence-corrected chi connectivity index (χ4v) is 1.33. The molecule has 0 aliphatic heterocycles. The third-order valence-corrected chi connectivity index (χ3v) is 2.59. The number of rotatable bonds is 7. The minimum atomic E-state index is -1.08. The number of aliphatic carboxylic acids is 1. The Bertz CT molecular complexity index is 320. The van der Waals surface area contributed by atoms with E-state index in [0.717, 1.165) is 0 Å². The molecule has 2 N–H and O–H groups in total. The molecule has 0 rings (SSSR count). The van der Waals surface area contributed by atoms with Gasteiger partial charge < -0.3 is 10.4 Å². The third kappa shape index (κ3) is 4.83. The van der Waals surface area contributed by atoms with Crippen LogP contribution in [0.5, 0.6) is 0 Å². The molecule has 0 aliphatic rings. The number of hydrogen-bond acceptors (Lipinski definition) is 4. The van der Waals surface area contributed by atoms with E-state index in [9.17, 15) is 9.59 Å². The molecule has 1 amide bonds. The molecule has 0 saturated heterocycles. The fraction of sp³-hybridized carbons (Fsp3) is 0.727. The summed E-state index contributed by atoms with van der Waals surface area (Å²) in [5.74, 6) is -1.24. The Hall–Kier alpha value is -1.61. The predicted molar refractivity (Wildman–Crippen MR) is 62.2 cm³/mol. The second-order valence-corrected chi connectivity index (χ2v) is 4.14. The van der Waals surface area contributed by atoms with Crippen LogP contribution in [0, 0.1) is 11.3 Å². The summed E-state index contributed by atoms with van der Waals surface area (Å²) in [5.41, 5.74) is -1.08. The van der Waals surface area contributed by atoms with Gasteiger partial charge in [0.25, 0.3) is 0 Å². The van der Waals surface area contributed by atoms with Crippen molar-refractivity contribution in [2.24, 2.45) is 0 Å². The molecule has 0 aromatic heterocycles. The van der Waals surface area contributed by atoms with E-state index in [0.29, 0.717) is 13.1 Å². The lowest BCUT2D eigenvalue weighted by atomic mass is 10.0. The Morgan fingerprint density at radius 3 is 2.47 bits per heavy atom. The van der Waals surface area contributed by atoms with Gasteiger partial charge in [0.2, 0.25) is 5.91 Å². The molecular formula is C11H19N3O3. The number of carbonyl (C=O) groups excluding carboxylic acids is 1. The molecule has 0 aromatic rings. The van der Waals surface area contributed by atoms with Crippen molar-refractivity contribution in [3.8, 4) is 6.07 Å². The summed E-state index contributed by atoms with van der Waals surface area (Å²) in [6, 6.07) is 1.92. The number of carboxylic acids is 1. The number of nitriles is 1. The van der Waals surface area contributed by atoms with Gasteiger partial charge in [-0.2, -0.15) is 5.26 Å². The number of hydrogen-bond donors (Lipinski definition) is 2. The summed E-state index contributed by atoms with van der Waals surface area (Å²) < 4.78 is 0. The number of nitrogens with zero attached hydrogens (tertiary/aromatic N) is 2. The monoisotopic (exact) mass is 241 g/mol. The Balaban J connectivity index is 4.36. The Morgan fingerprint density at radius 1 is 1.47 bits per heavy atom. The first-order valence-corrected chi connectivity index (χ1v) is 5.48. The Labute approximate surface area is 101 Å². The maximum Gasteiger partial charge on any atom is 0.323 e. The highest BCUT2D eigenvalue weighted by Crippen LogP contribution is 2.13. The molecule has 0 heterocycles. The molecule has 0 fully saturated rings. The highest BCUT2D eigenvalue weighted by Gasteiger charge is 2.34. The van der Waals surface area contributed by atoms with Crippen LogP contribution in [0.25, 0.3) is 0 Å². The molecule has 0 spiro atoms. The van der Waals surface area contributed by atoms with Crippen molar-refractivity contribution in [3.05, 3.63) is 0 Å². The largest absolute Gasteiger partial charge is 0.480 e. The zero-order valence-electron chi connectivity index (χ0n) is 10.5. The Kier molecular flexibility index (Phi) is 6.21. The van der Waals surface area contributed by atoms with E-state index in [-0.39, 0.29) is 18.9 Å². The van der Waals surface area contributed by atoms with E-state index in [1.54, 1.807) is 25.7 Å². The molecule has 96 valence electrons. The number of carboxylic acid groups (broad SMARTS) is 1. The van der Waals surface area contributed by atoms with Crippen molar-refractivity contribution in [2.75, 3.05) is 19.6 Å². The van der Waals surface area contributed by atoms with Gasteiger partial charge in [0.15, 0.2) is 0 Å². The summed E-state index contributed by atoms with van der Waals surface area (Å²) in [6.07, 6.45) is 0.250. The second-order valence-electron chi connectivity index (χ2n) is 4.14. The normalized spacial score (nSPS) is 11.0. The van der Waals surface area contributed by atoms with Crippen LogP contribution in [0.1, 0.15) is 27.2 Å². The molecule has 6 heteroatoms. The van der Waals surface area contributed by atoms with E-state index in [1.807, 2.05) is 6.07 Å². The van der Waals surface area contributed by atoms with E-state index in [1.165, 1.54) is 0 Å². The Morgan fingerprint density at radius 2 is 2.06 bits per heavy atom. The summed E-state index contributed by atoms with van der Waals surface area (Å²) in [5, 5.41) is 19.9. The van der Waals surface area contributed by atoms with E-state index in [2.05, 4.69) is 5.32 Å². The number of likely N-dealkylation sites (N-methyl/N-ethyl adjacent to an activating group) is 1. The summed E-state index contributed by atoms with van der Waals surface area (Å²) >= 11 is 0. The standard InChI is InChI=1S/C11H19N3O3/c1-4-14(11(2,3)10(16)17)8-9(15)13-7-5-6-12/h4-5,7-8H2,1-3H3,(H,13,15)(H,16,17). The molecule has 0 atom stereocenters. The molecule has 0 saturated carbocycles. The summed E-state index contributed by atoms with van der Waals surface area (Å²) in [4.78, 5) is 24.1. The minimum Gasteiger partial charge on any atom is -0.480 e. The van der Waals surface area contributed by atoms with Gasteiger partial charge in [-0.15, -0.1) is 0 Å². The molecule has 0 unspecified atom stereocenters. The van der Waals surface area contributed by atoms with E-state index in [4.69, 9.17) is 10.4 Å². The number of carbonyl (C=O) groups is 2. The van der Waals surface area contributed by atoms with Crippen molar-refractivity contribution in [2.45, 2.75) is 32.7 Å². The first kappa shape index (κ1) is 15.4. The molecule has 0 bridgehead atoms. The van der Waals surface area contributed by atoms with Crippen LogP contribution >= 0.6 is 0 Å². The van der Waals surface area contributed by atoms with Crippen LogP contribution in [0.3, 0.4) is 0 Å². The molecule has 6 nitrogen and oxygen atoms in total. The maximum atomic E-state index is 11.5. The number of nitrogens with one attached hydrogen (secondary N) is 1. The van der Waals surface area contributed by atoms with Crippen molar-refractivity contribution < 1.29 is 14.7 Å². The topological polar surface area (TPSA) is 93.4 Å². The highest BCUT2D eigenvalue weighted by molar-refractivity contribution is 5.81. The van der Waals surface area contributed by atoms with Crippen LogP contribution < -0.4 is 5.32 Å². The highest BCUT2D eigenvalue weighted by atomic mass is 16.4. The fourth-order valence-electron chi connectivity index (χ4n) is 1.33. The lowest BCUT2D eigenvalue weighted by molar-refractivity contribution is -0.150. The zero-order valence-corrected chi connectivity index (χ0v) is 10.5. The van der Waals surface area contributed by atoms with Crippen LogP contribution in [0.2, 0.25) is 0 Å². The van der Waals surface area contributed by atoms with Gasteiger partial charge in [0.1, 0.15) is 5.54 Å². The van der Waals surface area contributed by atoms with Crippen molar-refractivity contribution >= 4 is 11.9 Å². The average Bonchev–Trinajstić information content (AvgIpc) is 2.25. The lowest BCUT2D eigenvalue weighted by Crippen LogP contribution is -2.53. The van der Waals surface area contributed by atoms with Crippen LogP contribution in [-0.2, 0) is 9.59 Å². The van der Waals surface area contributed by atoms with Gasteiger partial charge in [-0.1, -0.05) is 6.92 Å². The summed E-state index contributed by atoms with van der Waals surface area (Å²) in [7, 11) is 0. The quantitative estimate of drug-likeness (QED) is 0.621. The van der Waals surface area contributed by atoms with E-state index >= 15 is 0 Å². The first-order valence-electron chi connectivity index (χ1n) is 5.48. The predicted octanol–water partition coefficient (Wildman–Crippen LogP) is 0.201. The molecule has 17 heavy (non-hydrogen) atoms. The van der Waals surface area contributed by atoms with Gasteiger partial charge >= 0.3 is 5.97 Å². The SMILES string of the molecule is CCN(CC(=O)NCCC#N)C(C)(C)C(=O)O. The molecule has 0 radical (unpaired) electrons. The minimum absolute atomic E-state index is 0.0151. The number of amides is 1. The van der Waals surface area contributed by atoms with E-state index < -0.39 is 11.5 Å². The van der Waals surface area contributed by atoms with Crippen molar-refractivity contribution in [1.29, 1.82) is 5.26 Å². The van der Waals surface area contributed by atoms with Gasteiger partial charge in [-0.25, -0.2) is 0 Å². The van der Waals surface area contributed by atoms with Gasteiger partial charge in [0, 0.05) is 6.54 Å². The maximum absolute atomic E-state index is 11.5. The third-order valence-electron chi connectivity index (χ3n) is 2.59. The van der Waals surface area contributed by atoms with Crippen molar-refractivity contribution in [1.82, 2.24) is 10.2 Å². The summed E-state index contributed by atoms with van der Waals surface area (Å²) in [6.45, 7) is 5.68. The van der Waals surface area contributed by atoms with Gasteiger partial charge in [0.05, 0.1) is 19.0 Å².